The van der Waals surface area contributed by atoms with Gasteiger partial charge in [0.25, 0.3) is 0 Å². The Morgan fingerprint density at radius 1 is 1.47 bits per heavy atom. The fourth-order valence-corrected chi connectivity index (χ4v) is 2.00. The molecule has 0 unspecified atom stereocenters. The highest BCUT2D eigenvalue weighted by atomic mass is 16.4. The average molecular weight is 261 g/mol. The molecule has 0 bridgehead atoms. The Morgan fingerprint density at radius 2 is 2.21 bits per heavy atom. The molecule has 3 N–H and O–H groups in total. The SMILES string of the molecule is Cc1cc(C=O)c(C)n1Cc1ccc(C(=O)NN)o1. The summed E-state index contributed by atoms with van der Waals surface area (Å²) in [5.41, 5.74) is 4.49. The van der Waals surface area contributed by atoms with Crippen molar-refractivity contribution < 1.29 is 14.0 Å². The third kappa shape index (κ3) is 2.43. The number of aromatic nitrogens is 1. The molecule has 1 amide bonds. The molecule has 0 aliphatic rings. The maximum atomic E-state index is 11.3. The second kappa shape index (κ2) is 5.11. The lowest BCUT2D eigenvalue weighted by molar-refractivity contribution is 0.0924. The summed E-state index contributed by atoms with van der Waals surface area (Å²) < 4.78 is 7.34. The number of nitrogen functional groups attached to an aromatic ring is 1. The second-order valence-corrected chi connectivity index (χ2v) is 4.27. The molecule has 0 atom stereocenters. The first-order chi connectivity index (χ1) is 9.06. The van der Waals surface area contributed by atoms with Crippen LogP contribution in [0, 0.1) is 13.8 Å². The zero-order valence-corrected chi connectivity index (χ0v) is 10.8. The molecule has 0 saturated carbocycles. The number of nitrogens with two attached hydrogens (primary N) is 1. The number of carbonyl (C=O) groups excluding carboxylic acids is 2. The molecule has 0 radical (unpaired) electrons. The van der Waals surface area contributed by atoms with Crippen LogP contribution in [-0.4, -0.2) is 16.8 Å². The topological polar surface area (TPSA) is 90.3 Å². The van der Waals surface area contributed by atoms with Crippen LogP contribution in [-0.2, 0) is 6.54 Å². The Morgan fingerprint density at radius 3 is 2.79 bits per heavy atom. The van der Waals surface area contributed by atoms with E-state index in [0.717, 1.165) is 17.7 Å². The predicted octanol–water partition coefficient (Wildman–Crippen LogP) is 1.16. The van der Waals surface area contributed by atoms with Crippen LogP contribution in [0.2, 0.25) is 0 Å². The second-order valence-electron chi connectivity index (χ2n) is 4.27. The molecule has 2 heterocycles. The largest absolute Gasteiger partial charge is 0.454 e. The first kappa shape index (κ1) is 13.1. The van der Waals surface area contributed by atoms with Crippen molar-refractivity contribution >= 4 is 12.2 Å². The van der Waals surface area contributed by atoms with Gasteiger partial charge in [0.1, 0.15) is 5.76 Å². The van der Waals surface area contributed by atoms with Crippen LogP contribution in [0.5, 0.6) is 0 Å². The number of nitrogens with one attached hydrogen (secondary N) is 1. The molecule has 2 aromatic rings. The summed E-state index contributed by atoms with van der Waals surface area (Å²) in [5, 5.41) is 0. The third-order valence-corrected chi connectivity index (χ3v) is 3.07. The standard InChI is InChI=1S/C13H15N3O3/c1-8-5-10(7-17)9(2)16(8)6-11-3-4-12(19-11)13(18)15-14/h3-5,7H,6,14H2,1-2H3,(H,15,18). The minimum atomic E-state index is -0.471. The molecule has 0 aliphatic carbocycles. The minimum Gasteiger partial charge on any atom is -0.454 e. The van der Waals surface area contributed by atoms with Gasteiger partial charge in [-0.1, -0.05) is 0 Å². The zero-order valence-electron chi connectivity index (χ0n) is 10.8. The smallest absolute Gasteiger partial charge is 0.300 e. The summed E-state index contributed by atoms with van der Waals surface area (Å²) in [5.74, 6) is 5.35. The third-order valence-electron chi connectivity index (χ3n) is 3.07. The number of carbonyl (C=O) groups is 2. The Bertz CT molecular complexity index is 625. The number of aryl methyl sites for hydroxylation is 1. The van der Waals surface area contributed by atoms with Crippen molar-refractivity contribution in [2.24, 2.45) is 5.84 Å². The monoisotopic (exact) mass is 261 g/mol. The summed E-state index contributed by atoms with van der Waals surface area (Å²) >= 11 is 0. The first-order valence-corrected chi connectivity index (χ1v) is 5.78. The van der Waals surface area contributed by atoms with E-state index in [0.29, 0.717) is 17.9 Å². The molecule has 0 fully saturated rings. The van der Waals surface area contributed by atoms with Gasteiger partial charge in [-0.3, -0.25) is 15.0 Å². The normalized spacial score (nSPS) is 10.5. The van der Waals surface area contributed by atoms with Crippen LogP contribution in [0.15, 0.2) is 22.6 Å². The summed E-state index contributed by atoms with van der Waals surface area (Å²) in [6, 6.07) is 5.09. The van der Waals surface area contributed by atoms with Crippen molar-refractivity contribution in [3.05, 3.63) is 46.7 Å². The summed E-state index contributed by atoms with van der Waals surface area (Å²) in [6.07, 6.45) is 0.828. The molecule has 0 saturated heterocycles. The highest BCUT2D eigenvalue weighted by molar-refractivity contribution is 5.90. The number of nitrogens with zero attached hydrogens (tertiary/aromatic N) is 1. The van der Waals surface area contributed by atoms with Crippen LogP contribution in [0.4, 0.5) is 0 Å². The molecule has 6 nitrogen and oxygen atoms in total. The molecular formula is C13H15N3O3. The van der Waals surface area contributed by atoms with E-state index in [1.165, 1.54) is 0 Å². The predicted molar refractivity (Wildman–Crippen MR) is 68.8 cm³/mol. The van der Waals surface area contributed by atoms with Crippen molar-refractivity contribution in [1.82, 2.24) is 9.99 Å². The summed E-state index contributed by atoms with van der Waals surface area (Å²) in [7, 11) is 0. The van der Waals surface area contributed by atoms with Gasteiger partial charge in [-0.25, -0.2) is 5.84 Å². The lowest BCUT2D eigenvalue weighted by Crippen LogP contribution is -2.29. The van der Waals surface area contributed by atoms with Crippen LogP contribution in [0.25, 0.3) is 0 Å². The van der Waals surface area contributed by atoms with E-state index in [9.17, 15) is 9.59 Å². The van der Waals surface area contributed by atoms with Gasteiger partial charge in [-0.15, -0.1) is 0 Å². The fraction of sp³-hybridized carbons (Fsp3) is 0.231. The van der Waals surface area contributed by atoms with E-state index in [1.54, 1.807) is 12.1 Å². The Labute approximate surface area is 110 Å². The van der Waals surface area contributed by atoms with Gasteiger partial charge >= 0.3 is 5.91 Å². The molecule has 0 aromatic carbocycles. The number of hydrogen-bond acceptors (Lipinski definition) is 4. The van der Waals surface area contributed by atoms with E-state index in [-0.39, 0.29) is 5.76 Å². The lowest BCUT2D eigenvalue weighted by Gasteiger charge is -2.07. The van der Waals surface area contributed by atoms with Gasteiger partial charge < -0.3 is 8.98 Å². The minimum absolute atomic E-state index is 0.163. The average Bonchev–Trinajstić information content (AvgIpc) is 2.98. The molecule has 2 aromatic heterocycles. The number of amides is 1. The highest BCUT2D eigenvalue weighted by Crippen LogP contribution is 2.17. The number of rotatable bonds is 4. The number of aldehydes is 1. The summed E-state index contributed by atoms with van der Waals surface area (Å²) in [6.45, 7) is 4.24. The number of hydrazine groups is 1. The van der Waals surface area contributed by atoms with Gasteiger partial charge in [-0.2, -0.15) is 0 Å². The van der Waals surface area contributed by atoms with Crippen LogP contribution in [0.3, 0.4) is 0 Å². The zero-order chi connectivity index (χ0) is 14.0. The molecule has 0 spiro atoms. The van der Waals surface area contributed by atoms with E-state index in [2.05, 4.69) is 0 Å². The molecule has 100 valence electrons. The van der Waals surface area contributed by atoms with Crippen molar-refractivity contribution in [3.63, 3.8) is 0 Å². The van der Waals surface area contributed by atoms with Crippen molar-refractivity contribution in [2.75, 3.05) is 0 Å². The quantitative estimate of drug-likeness (QED) is 0.374. The number of hydrogen-bond donors (Lipinski definition) is 2. The van der Waals surface area contributed by atoms with E-state index < -0.39 is 5.91 Å². The van der Waals surface area contributed by atoms with Crippen molar-refractivity contribution in [1.29, 1.82) is 0 Å². The Hall–Kier alpha value is -2.34. The van der Waals surface area contributed by atoms with Gasteiger partial charge in [0.05, 0.1) is 6.54 Å². The van der Waals surface area contributed by atoms with Crippen LogP contribution < -0.4 is 11.3 Å². The molecule has 0 aliphatic heterocycles. The van der Waals surface area contributed by atoms with Crippen LogP contribution in [0.1, 0.15) is 38.1 Å². The van der Waals surface area contributed by atoms with E-state index in [1.807, 2.05) is 29.9 Å². The van der Waals surface area contributed by atoms with E-state index >= 15 is 0 Å². The van der Waals surface area contributed by atoms with Crippen molar-refractivity contribution in [3.8, 4) is 0 Å². The lowest BCUT2D eigenvalue weighted by atomic mass is 10.3. The van der Waals surface area contributed by atoms with Gasteiger partial charge in [0.15, 0.2) is 12.0 Å². The van der Waals surface area contributed by atoms with Crippen molar-refractivity contribution in [2.45, 2.75) is 20.4 Å². The molecule has 19 heavy (non-hydrogen) atoms. The Balaban J connectivity index is 2.26. The maximum Gasteiger partial charge on any atom is 0.300 e. The van der Waals surface area contributed by atoms with Crippen LogP contribution >= 0.6 is 0 Å². The van der Waals surface area contributed by atoms with Gasteiger partial charge in [0.2, 0.25) is 0 Å². The summed E-state index contributed by atoms with van der Waals surface area (Å²) in [4.78, 5) is 22.2. The number of furan rings is 1. The molecule has 2 rings (SSSR count). The molecular weight excluding hydrogens is 246 g/mol. The van der Waals surface area contributed by atoms with E-state index in [4.69, 9.17) is 10.3 Å². The first-order valence-electron chi connectivity index (χ1n) is 5.78. The molecule has 6 heteroatoms. The highest BCUT2D eigenvalue weighted by Gasteiger charge is 2.13. The maximum absolute atomic E-state index is 11.3. The van der Waals surface area contributed by atoms with Gasteiger partial charge in [-0.05, 0) is 32.0 Å². The Kier molecular flexibility index (Phi) is 3.52. The van der Waals surface area contributed by atoms with Gasteiger partial charge in [0, 0.05) is 17.0 Å². The fourth-order valence-electron chi connectivity index (χ4n) is 2.00.